The van der Waals surface area contributed by atoms with Crippen molar-refractivity contribution >= 4 is 16.1 Å². The largest absolute Gasteiger partial charge is 0.492 e. The first-order chi connectivity index (χ1) is 8.45. The highest BCUT2D eigenvalue weighted by atomic mass is 32.2. The minimum Gasteiger partial charge on any atom is -0.334 e. The SMILES string of the molecule is Cc1cc(C)c(S(=O)(=O)OC(=O)C(F)(F)F)c(C)c1. The molecule has 19 heavy (non-hydrogen) atoms. The van der Waals surface area contributed by atoms with Gasteiger partial charge in [-0.2, -0.15) is 21.6 Å². The van der Waals surface area contributed by atoms with Crippen molar-refractivity contribution in [3.63, 3.8) is 0 Å². The van der Waals surface area contributed by atoms with Crippen molar-refractivity contribution in [3.8, 4) is 0 Å². The average Bonchev–Trinajstić information content (AvgIpc) is 2.11. The van der Waals surface area contributed by atoms with E-state index >= 15 is 0 Å². The molecule has 0 aromatic heterocycles. The molecule has 1 rings (SSSR count). The van der Waals surface area contributed by atoms with Gasteiger partial charge in [0, 0.05) is 0 Å². The second-order valence-corrected chi connectivity index (χ2v) is 5.53. The van der Waals surface area contributed by atoms with Gasteiger partial charge in [-0.3, -0.25) is 0 Å². The normalized spacial score (nSPS) is 12.3. The lowest BCUT2D eigenvalue weighted by Gasteiger charge is -2.12. The molecule has 106 valence electrons. The number of carbonyl (C=O) groups excluding carboxylic acids is 1. The topological polar surface area (TPSA) is 60.4 Å². The fraction of sp³-hybridized carbons (Fsp3) is 0.364. The van der Waals surface area contributed by atoms with E-state index in [1.165, 1.54) is 26.0 Å². The molecule has 0 radical (unpaired) electrons. The zero-order valence-electron chi connectivity index (χ0n) is 10.3. The monoisotopic (exact) mass is 296 g/mol. The molecule has 8 heteroatoms. The first kappa shape index (κ1) is 15.5. The van der Waals surface area contributed by atoms with Crippen LogP contribution in [0.5, 0.6) is 0 Å². The molecule has 0 atom stereocenters. The molecule has 0 unspecified atom stereocenters. The van der Waals surface area contributed by atoms with E-state index in [0.717, 1.165) is 5.56 Å². The van der Waals surface area contributed by atoms with E-state index in [9.17, 15) is 26.4 Å². The number of halogens is 3. The molecule has 0 spiro atoms. The highest BCUT2D eigenvalue weighted by Gasteiger charge is 2.44. The number of benzene rings is 1. The average molecular weight is 296 g/mol. The van der Waals surface area contributed by atoms with Crippen LogP contribution in [0.1, 0.15) is 16.7 Å². The highest BCUT2D eigenvalue weighted by molar-refractivity contribution is 7.87. The van der Waals surface area contributed by atoms with Crippen molar-refractivity contribution in [2.45, 2.75) is 31.8 Å². The third-order valence-corrected chi connectivity index (χ3v) is 3.79. The minimum absolute atomic E-state index is 0.215. The van der Waals surface area contributed by atoms with Gasteiger partial charge in [-0.1, -0.05) is 17.7 Å². The molecule has 0 saturated heterocycles. The molecule has 4 nitrogen and oxygen atoms in total. The van der Waals surface area contributed by atoms with Gasteiger partial charge in [0.05, 0.1) is 0 Å². The summed E-state index contributed by atoms with van der Waals surface area (Å²) in [6, 6.07) is 2.95. The van der Waals surface area contributed by atoms with Crippen LogP contribution in [-0.4, -0.2) is 20.6 Å². The van der Waals surface area contributed by atoms with Crippen LogP contribution in [0.4, 0.5) is 13.2 Å². The van der Waals surface area contributed by atoms with Gasteiger partial charge >= 0.3 is 22.3 Å². The first-order valence-corrected chi connectivity index (χ1v) is 6.49. The van der Waals surface area contributed by atoms with Gasteiger partial charge in [-0.05, 0) is 31.9 Å². The summed E-state index contributed by atoms with van der Waals surface area (Å²) in [4.78, 5) is 10.2. The van der Waals surface area contributed by atoms with Crippen molar-refractivity contribution in [1.82, 2.24) is 0 Å². The molecule has 0 heterocycles. The summed E-state index contributed by atoms with van der Waals surface area (Å²) in [6.07, 6.45) is -5.36. The van der Waals surface area contributed by atoms with E-state index < -0.39 is 27.2 Å². The summed E-state index contributed by atoms with van der Waals surface area (Å²) in [5.41, 5.74) is 1.18. The van der Waals surface area contributed by atoms with Gasteiger partial charge in [0.25, 0.3) is 0 Å². The molecule has 0 saturated carbocycles. The van der Waals surface area contributed by atoms with E-state index in [1.54, 1.807) is 6.92 Å². The van der Waals surface area contributed by atoms with Crippen molar-refractivity contribution < 1.29 is 30.6 Å². The standard InChI is InChI=1S/C11H11F3O4S/c1-6-4-7(2)9(8(3)5-6)19(16,17)18-10(15)11(12,13)14/h4-5H,1-3H3. The molecular weight excluding hydrogens is 285 g/mol. The molecular formula is C11H11F3O4S. The van der Waals surface area contributed by atoms with Crippen LogP contribution in [0.3, 0.4) is 0 Å². The highest BCUT2D eigenvalue weighted by Crippen LogP contribution is 2.26. The maximum absolute atomic E-state index is 12.0. The maximum Gasteiger partial charge on any atom is 0.492 e. The Balaban J connectivity index is 3.27. The fourth-order valence-electron chi connectivity index (χ4n) is 1.75. The summed E-state index contributed by atoms with van der Waals surface area (Å²) < 4.78 is 63.1. The van der Waals surface area contributed by atoms with E-state index in [4.69, 9.17) is 0 Å². The lowest BCUT2D eigenvalue weighted by Crippen LogP contribution is -2.28. The van der Waals surface area contributed by atoms with Gasteiger partial charge in [-0.25, -0.2) is 4.79 Å². The van der Waals surface area contributed by atoms with Crippen molar-refractivity contribution in [2.75, 3.05) is 0 Å². The Morgan fingerprint density at radius 2 is 1.53 bits per heavy atom. The Labute approximate surface area is 108 Å². The smallest absolute Gasteiger partial charge is 0.334 e. The predicted octanol–water partition coefficient (Wildman–Crippen LogP) is 2.41. The molecule has 0 aliphatic rings. The zero-order valence-corrected chi connectivity index (χ0v) is 11.1. The third-order valence-electron chi connectivity index (χ3n) is 2.27. The summed E-state index contributed by atoms with van der Waals surface area (Å²) in [5, 5.41) is 0. The molecule has 0 aliphatic carbocycles. The van der Waals surface area contributed by atoms with E-state index in [1.807, 2.05) is 0 Å². The number of rotatable bonds is 2. The Bertz CT molecular complexity index is 594. The van der Waals surface area contributed by atoms with Crippen LogP contribution in [-0.2, 0) is 19.1 Å². The summed E-state index contributed by atoms with van der Waals surface area (Å²) in [6.45, 7) is 4.53. The summed E-state index contributed by atoms with van der Waals surface area (Å²) >= 11 is 0. The molecule has 1 aromatic carbocycles. The lowest BCUT2D eigenvalue weighted by molar-refractivity contribution is -0.189. The second-order valence-electron chi connectivity index (χ2n) is 4.05. The van der Waals surface area contributed by atoms with E-state index in [2.05, 4.69) is 4.18 Å². The zero-order chi connectivity index (χ0) is 15.0. The quantitative estimate of drug-likeness (QED) is 0.786. The Kier molecular flexibility index (Phi) is 3.94. The van der Waals surface area contributed by atoms with Gasteiger partial charge in [0.15, 0.2) is 0 Å². The molecule has 0 aliphatic heterocycles. The van der Waals surface area contributed by atoms with Crippen LogP contribution >= 0.6 is 0 Å². The van der Waals surface area contributed by atoms with Gasteiger partial charge in [-0.15, -0.1) is 0 Å². The molecule has 0 fully saturated rings. The fourth-order valence-corrected chi connectivity index (χ4v) is 3.03. The van der Waals surface area contributed by atoms with Crippen molar-refractivity contribution in [3.05, 3.63) is 28.8 Å². The van der Waals surface area contributed by atoms with Crippen molar-refractivity contribution in [1.29, 1.82) is 0 Å². The Morgan fingerprint density at radius 1 is 1.11 bits per heavy atom. The van der Waals surface area contributed by atoms with Crippen LogP contribution in [0.2, 0.25) is 0 Å². The van der Waals surface area contributed by atoms with Gasteiger partial charge in [0.1, 0.15) is 4.90 Å². The number of carbonyl (C=O) groups is 1. The summed E-state index contributed by atoms with van der Waals surface area (Å²) in [5.74, 6) is -2.76. The summed E-state index contributed by atoms with van der Waals surface area (Å²) in [7, 11) is -4.79. The minimum atomic E-state index is -5.36. The van der Waals surface area contributed by atoms with Gasteiger partial charge < -0.3 is 4.18 Å². The predicted molar refractivity (Wildman–Crippen MR) is 60.0 cm³/mol. The number of hydrogen-bond donors (Lipinski definition) is 0. The van der Waals surface area contributed by atoms with E-state index in [0.29, 0.717) is 0 Å². The molecule has 0 amide bonds. The Morgan fingerprint density at radius 3 is 1.89 bits per heavy atom. The van der Waals surface area contributed by atoms with Crippen LogP contribution < -0.4 is 0 Å². The lowest BCUT2D eigenvalue weighted by atomic mass is 10.1. The number of hydrogen-bond acceptors (Lipinski definition) is 4. The second kappa shape index (κ2) is 4.84. The van der Waals surface area contributed by atoms with Crippen LogP contribution in [0.25, 0.3) is 0 Å². The van der Waals surface area contributed by atoms with Gasteiger partial charge in [0.2, 0.25) is 0 Å². The van der Waals surface area contributed by atoms with Crippen molar-refractivity contribution in [2.24, 2.45) is 0 Å². The number of aryl methyl sites for hydroxylation is 3. The van der Waals surface area contributed by atoms with Crippen LogP contribution in [0.15, 0.2) is 17.0 Å². The molecule has 0 N–H and O–H groups in total. The number of alkyl halides is 3. The molecule has 1 aromatic rings. The Hall–Kier alpha value is -1.57. The third kappa shape index (κ3) is 3.46. The maximum atomic E-state index is 12.0. The van der Waals surface area contributed by atoms with Crippen LogP contribution in [0, 0.1) is 20.8 Å². The van der Waals surface area contributed by atoms with E-state index in [-0.39, 0.29) is 11.1 Å². The molecule has 0 bridgehead atoms. The first-order valence-electron chi connectivity index (χ1n) is 5.08.